The molecule has 0 aliphatic rings. The SMILES string of the molecule is CCCCCCCCCC(=O)c1cc(-c2ccc(C#N)c(CC)c2)n(-c2ccc(C(C)C)cc2F)n1. The second-order valence-electron chi connectivity index (χ2n) is 9.82. The number of carbonyl (C=O) groups excluding carboxylic acids is 1. The monoisotopic (exact) mass is 487 g/mol. The van der Waals surface area contributed by atoms with Crippen LogP contribution in [0.15, 0.2) is 42.5 Å². The highest BCUT2D eigenvalue weighted by Gasteiger charge is 2.20. The van der Waals surface area contributed by atoms with Gasteiger partial charge in [0.2, 0.25) is 0 Å². The number of rotatable bonds is 13. The molecule has 36 heavy (non-hydrogen) atoms. The maximum absolute atomic E-state index is 15.3. The summed E-state index contributed by atoms with van der Waals surface area (Å²) in [4.78, 5) is 13.0. The lowest BCUT2D eigenvalue weighted by Gasteiger charge is -2.12. The highest BCUT2D eigenvalue weighted by atomic mass is 19.1. The van der Waals surface area contributed by atoms with Crippen molar-refractivity contribution in [1.82, 2.24) is 9.78 Å². The maximum Gasteiger partial charge on any atom is 0.183 e. The van der Waals surface area contributed by atoms with E-state index >= 15 is 4.39 Å². The van der Waals surface area contributed by atoms with Crippen LogP contribution in [-0.4, -0.2) is 15.6 Å². The lowest BCUT2D eigenvalue weighted by Crippen LogP contribution is -2.06. The minimum Gasteiger partial charge on any atom is -0.292 e. The molecule has 0 amide bonds. The predicted octanol–water partition coefficient (Wildman–Crippen LogP) is 8.56. The number of aryl methyl sites for hydroxylation is 1. The minimum atomic E-state index is -0.374. The van der Waals surface area contributed by atoms with E-state index in [1.807, 2.05) is 39.0 Å². The van der Waals surface area contributed by atoms with Gasteiger partial charge in [-0.25, -0.2) is 9.07 Å². The molecule has 3 aromatic rings. The second-order valence-corrected chi connectivity index (χ2v) is 9.82. The molecule has 0 unspecified atom stereocenters. The Morgan fingerprint density at radius 3 is 2.36 bits per heavy atom. The first-order valence-corrected chi connectivity index (χ1v) is 13.4. The number of nitriles is 1. The Morgan fingerprint density at radius 1 is 1.00 bits per heavy atom. The lowest BCUT2D eigenvalue weighted by molar-refractivity contribution is 0.0974. The van der Waals surface area contributed by atoms with Gasteiger partial charge in [-0.15, -0.1) is 0 Å². The van der Waals surface area contributed by atoms with Crippen molar-refractivity contribution in [2.75, 3.05) is 0 Å². The van der Waals surface area contributed by atoms with Crippen LogP contribution in [0.25, 0.3) is 16.9 Å². The van der Waals surface area contributed by atoms with Gasteiger partial charge in [0, 0.05) is 12.0 Å². The Bertz CT molecular complexity index is 1220. The standard InChI is InChI=1S/C31H38FN3O/c1-5-7-8-9-10-11-12-13-31(36)28-20-30(25-14-15-26(21-33)23(6-2)18-25)35(34-28)29-17-16-24(22(3)4)19-27(29)32/h14-20,22H,5-13H2,1-4H3. The van der Waals surface area contributed by atoms with Crippen molar-refractivity contribution in [3.05, 3.63) is 70.7 Å². The largest absolute Gasteiger partial charge is 0.292 e. The fraction of sp³-hybridized carbons (Fsp3) is 0.452. The van der Waals surface area contributed by atoms with E-state index in [1.165, 1.54) is 30.4 Å². The van der Waals surface area contributed by atoms with Crippen molar-refractivity contribution >= 4 is 5.78 Å². The summed E-state index contributed by atoms with van der Waals surface area (Å²) in [6, 6.07) is 14.7. The molecule has 190 valence electrons. The van der Waals surface area contributed by atoms with Crippen molar-refractivity contribution in [3.63, 3.8) is 0 Å². The molecule has 5 heteroatoms. The Morgan fingerprint density at radius 2 is 1.72 bits per heavy atom. The van der Waals surface area contributed by atoms with Crippen LogP contribution in [0.5, 0.6) is 0 Å². The van der Waals surface area contributed by atoms with Crippen LogP contribution in [0, 0.1) is 17.1 Å². The van der Waals surface area contributed by atoms with E-state index in [1.54, 1.807) is 24.3 Å². The third-order valence-electron chi connectivity index (χ3n) is 6.77. The van der Waals surface area contributed by atoms with Gasteiger partial charge in [0.1, 0.15) is 17.2 Å². The summed E-state index contributed by atoms with van der Waals surface area (Å²) < 4.78 is 16.8. The van der Waals surface area contributed by atoms with E-state index in [2.05, 4.69) is 18.1 Å². The molecule has 0 N–H and O–H groups in total. The number of ketones is 1. The molecular weight excluding hydrogens is 449 g/mol. The van der Waals surface area contributed by atoms with Crippen LogP contribution in [0.4, 0.5) is 4.39 Å². The minimum absolute atomic E-state index is 0.0212. The van der Waals surface area contributed by atoms with Crippen LogP contribution in [-0.2, 0) is 6.42 Å². The molecule has 0 saturated carbocycles. The Hall–Kier alpha value is -3.26. The molecule has 0 saturated heterocycles. The van der Waals surface area contributed by atoms with Gasteiger partial charge in [-0.3, -0.25) is 4.79 Å². The molecule has 0 atom stereocenters. The van der Waals surface area contributed by atoms with Gasteiger partial charge in [-0.05, 0) is 60.2 Å². The molecule has 0 spiro atoms. The van der Waals surface area contributed by atoms with Crippen molar-refractivity contribution in [1.29, 1.82) is 5.26 Å². The Kier molecular flexibility index (Phi) is 9.99. The summed E-state index contributed by atoms with van der Waals surface area (Å²) in [5.74, 6) is -0.191. The molecule has 1 heterocycles. The van der Waals surface area contributed by atoms with Crippen molar-refractivity contribution in [2.24, 2.45) is 0 Å². The third-order valence-corrected chi connectivity index (χ3v) is 6.77. The average Bonchev–Trinajstić information content (AvgIpc) is 3.32. The number of hydrogen-bond donors (Lipinski definition) is 0. The first-order valence-electron chi connectivity index (χ1n) is 13.4. The summed E-state index contributed by atoms with van der Waals surface area (Å²) in [5.41, 5.74) is 4.56. The summed E-state index contributed by atoms with van der Waals surface area (Å²) in [5, 5.41) is 14.0. The zero-order valence-electron chi connectivity index (χ0n) is 22.1. The predicted molar refractivity (Wildman–Crippen MR) is 144 cm³/mol. The first-order chi connectivity index (χ1) is 17.4. The summed E-state index contributed by atoms with van der Waals surface area (Å²) >= 11 is 0. The number of benzene rings is 2. The molecular formula is C31H38FN3O. The molecule has 0 bridgehead atoms. The normalized spacial score (nSPS) is 11.1. The first kappa shape index (κ1) is 27.3. The molecule has 1 aromatic heterocycles. The van der Waals surface area contributed by atoms with Gasteiger partial charge in [-0.2, -0.15) is 10.4 Å². The molecule has 0 aliphatic heterocycles. The Balaban J connectivity index is 1.92. The van der Waals surface area contributed by atoms with Crippen LogP contribution < -0.4 is 0 Å². The van der Waals surface area contributed by atoms with Crippen molar-refractivity contribution < 1.29 is 9.18 Å². The quantitative estimate of drug-likeness (QED) is 0.179. The van der Waals surface area contributed by atoms with Crippen LogP contribution in [0.2, 0.25) is 0 Å². The lowest BCUT2D eigenvalue weighted by atomic mass is 10.00. The van der Waals surface area contributed by atoms with E-state index in [0.29, 0.717) is 35.5 Å². The molecule has 2 aromatic carbocycles. The molecule has 0 aliphatic carbocycles. The zero-order valence-corrected chi connectivity index (χ0v) is 22.1. The summed E-state index contributed by atoms with van der Waals surface area (Å²) in [6.45, 7) is 8.26. The van der Waals surface area contributed by atoms with E-state index in [4.69, 9.17) is 0 Å². The fourth-order valence-corrected chi connectivity index (χ4v) is 4.49. The van der Waals surface area contributed by atoms with Gasteiger partial charge in [0.25, 0.3) is 0 Å². The molecule has 4 nitrogen and oxygen atoms in total. The fourth-order valence-electron chi connectivity index (χ4n) is 4.49. The topological polar surface area (TPSA) is 58.7 Å². The van der Waals surface area contributed by atoms with Crippen molar-refractivity contribution in [3.8, 4) is 23.0 Å². The zero-order chi connectivity index (χ0) is 26.1. The van der Waals surface area contributed by atoms with E-state index in [0.717, 1.165) is 36.0 Å². The van der Waals surface area contributed by atoms with Gasteiger partial charge in [0.15, 0.2) is 5.78 Å². The van der Waals surface area contributed by atoms with Crippen LogP contribution >= 0.6 is 0 Å². The van der Waals surface area contributed by atoms with Crippen LogP contribution in [0.3, 0.4) is 0 Å². The number of halogens is 1. The number of nitrogens with zero attached hydrogens (tertiary/aromatic N) is 3. The van der Waals surface area contributed by atoms with Crippen LogP contribution in [0.1, 0.15) is 112 Å². The van der Waals surface area contributed by atoms with Gasteiger partial charge >= 0.3 is 0 Å². The molecule has 0 fully saturated rings. The number of Topliss-reactive ketones (excluding diaryl/α,β-unsaturated/α-hetero) is 1. The van der Waals surface area contributed by atoms with Gasteiger partial charge in [-0.1, -0.05) is 78.4 Å². The summed E-state index contributed by atoms with van der Waals surface area (Å²) in [7, 11) is 0. The van der Waals surface area contributed by atoms with Gasteiger partial charge in [0.05, 0.1) is 17.3 Å². The van der Waals surface area contributed by atoms with E-state index < -0.39 is 0 Å². The highest BCUT2D eigenvalue weighted by molar-refractivity contribution is 5.95. The number of carbonyl (C=O) groups is 1. The summed E-state index contributed by atoms with van der Waals surface area (Å²) in [6.07, 6.45) is 9.11. The Labute approximate surface area is 215 Å². The van der Waals surface area contributed by atoms with Gasteiger partial charge < -0.3 is 0 Å². The van der Waals surface area contributed by atoms with Crippen molar-refractivity contribution in [2.45, 2.75) is 91.4 Å². The highest BCUT2D eigenvalue weighted by Crippen LogP contribution is 2.29. The third kappa shape index (κ3) is 6.69. The average molecular weight is 488 g/mol. The van der Waals surface area contributed by atoms with E-state index in [-0.39, 0.29) is 17.5 Å². The molecule has 3 rings (SSSR count). The number of hydrogen-bond acceptors (Lipinski definition) is 3. The number of unbranched alkanes of at least 4 members (excludes halogenated alkanes) is 6. The smallest absolute Gasteiger partial charge is 0.183 e. The second kappa shape index (κ2) is 13.2. The van der Waals surface area contributed by atoms with E-state index in [9.17, 15) is 10.1 Å². The molecule has 0 radical (unpaired) electrons. The number of aromatic nitrogens is 2. The maximum atomic E-state index is 15.3.